The second kappa shape index (κ2) is 4.18. The van der Waals surface area contributed by atoms with E-state index in [-0.39, 0.29) is 23.6 Å². The number of nitrogens with zero attached hydrogens (tertiary/aromatic N) is 1. The van der Waals surface area contributed by atoms with E-state index in [0.29, 0.717) is 5.11 Å². The first kappa shape index (κ1) is 12.9. The summed E-state index contributed by atoms with van der Waals surface area (Å²) in [5, 5.41) is 3.78. The van der Waals surface area contributed by atoms with Gasteiger partial charge < -0.3 is 10.2 Å². The van der Waals surface area contributed by atoms with E-state index in [9.17, 15) is 8.42 Å². The number of sulfone groups is 1. The lowest BCUT2D eigenvalue weighted by Crippen LogP contribution is -2.37. The van der Waals surface area contributed by atoms with Crippen LogP contribution in [-0.2, 0) is 9.84 Å². The Morgan fingerprint density at radius 1 is 1.32 bits per heavy atom. The summed E-state index contributed by atoms with van der Waals surface area (Å²) in [4.78, 5) is 1.97. The van der Waals surface area contributed by atoms with Crippen molar-refractivity contribution in [3.63, 3.8) is 0 Å². The van der Waals surface area contributed by atoms with Gasteiger partial charge in [0.2, 0.25) is 0 Å². The van der Waals surface area contributed by atoms with Crippen LogP contribution in [0.1, 0.15) is 11.1 Å². The Labute approximate surface area is 118 Å². The molecule has 0 radical (unpaired) electrons. The Balaban J connectivity index is 2.02. The number of anilines is 1. The van der Waals surface area contributed by atoms with Gasteiger partial charge in [-0.3, -0.25) is 0 Å². The molecule has 1 N–H and O–H groups in total. The summed E-state index contributed by atoms with van der Waals surface area (Å²) in [5.41, 5.74) is 3.32. The smallest absolute Gasteiger partial charge is 0.174 e. The highest BCUT2D eigenvalue weighted by Crippen LogP contribution is 2.31. The van der Waals surface area contributed by atoms with Crippen molar-refractivity contribution >= 4 is 32.9 Å². The van der Waals surface area contributed by atoms with Crippen LogP contribution in [0.3, 0.4) is 0 Å². The zero-order valence-corrected chi connectivity index (χ0v) is 12.5. The molecule has 0 unspecified atom stereocenters. The Hall–Kier alpha value is -1.14. The lowest BCUT2D eigenvalue weighted by molar-refractivity contribution is 0.600. The summed E-state index contributed by atoms with van der Waals surface area (Å²) in [7, 11) is -2.95. The summed E-state index contributed by atoms with van der Waals surface area (Å²) in [6.07, 6.45) is 0. The van der Waals surface area contributed by atoms with Crippen LogP contribution in [0, 0.1) is 13.8 Å². The number of aryl methyl sites for hydroxylation is 2. The molecule has 0 amide bonds. The minimum atomic E-state index is -2.95. The molecule has 2 aliphatic heterocycles. The van der Waals surface area contributed by atoms with Gasteiger partial charge in [-0.05, 0) is 37.7 Å². The normalized spacial score (nSPS) is 28.3. The summed E-state index contributed by atoms with van der Waals surface area (Å²) >= 11 is 5.36. The maximum atomic E-state index is 11.8. The molecule has 0 aromatic heterocycles. The van der Waals surface area contributed by atoms with Gasteiger partial charge in [-0.2, -0.15) is 0 Å². The largest absolute Gasteiger partial charge is 0.356 e. The molecule has 2 fully saturated rings. The second-order valence-electron chi connectivity index (χ2n) is 5.36. The van der Waals surface area contributed by atoms with E-state index in [1.807, 2.05) is 30.9 Å². The SMILES string of the molecule is Cc1ccc(N2C(=S)N[C@@H]3CS(=O)(=O)C[C@@H]32)c(C)c1. The highest BCUT2D eigenvalue weighted by atomic mass is 32.2. The Bertz CT molecular complexity index is 655. The average Bonchev–Trinajstić information content (AvgIpc) is 2.70. The van der Waals surface area contributed by atoms with Gasteiger partial charge in [0.1, 0.15) is 0 Å². The van der Waals surface area contributed by atoms with Crippen LogP contribution >= 0.6 is 12.2 Å². The zero-order chi connectivity index (χ0) is 13.8. The van der Waals surface area contributed by atoms with Gasteiger partial charge in [-0.15, -0.1) is 0 Å². The predicted molar refractivity (Wildman–Crippen MR) is 80.4 cm³/mol. The fourth-order valence-corrected chi connectivity index (χ4v) is 5.24. The van der Waals surface area contributed by atoms with Crippen molar-refractivity contribution in [3.8, 4) is 0 Å². The number of benzene rings is 1. The molecule has 1 aromatic carbocycles. The molecule has 0 spiro atoms. The number of thiocarbonyl (C=S) groups is 1. The van der Waals surface area contributed by atoms with E-state index in [2.05, 4.69) is 11.4 Å². The van der Waals surface area contributed by atoms with Crippen LogP contribution in [0.4, 0.5) is 5.69 Å². The fraction of sp³-hybridized carbons (Fsp3) is 0.462. The highest BCUT2D eigenvalue weighted by Gasteiger charge is 2.47. The highest BCUT2D eigenvalue weighted by molar-refractivity contribution is 7.91. The molecule has 4 nitrogen and oxygen atoms in total. The Morgan fingerprint density at radius 3 is 2.74 bits per heavy atom. The Kier molecular flexibility index (Phi) is 2.83. The topological polar surface area (TPSA) is 49.4 Å². The van der Waals surface area contributed by atoms with Crippen molar-refractivity contribution < 1.29 is 8.42 Å². The lowest BCUT2D eigenvalue weighted by Gasteiger charge is -2.25. The molecule has 2 aliphatic rings. The van der Waals surface area contributed by atoms with Crippen molar-refractivity contribution in [1.29, 1.82) is 0 Å². The summed E-state index contributed by atoms with van der Waals surface area (Å²) in [6, 6.07) is 6.00. The molecule has 1 aromatic rings. The number of nitrogens with one attached hydrogen (secondary N) is 1. The van der Waals surface area contributed by atoms with Crippen molar-refractivity contribution in [2.75, 3.05) is 16.4 Å². The average molecular weight is 296 g/mol. The molecule has 0 aliphatic carbocycles. The predicted octanol–water partition coefficient (Wildman–Crippen LogP) is 1.16. The molecule has 0 bridgehead atoms. The van der Waals surface area contributed by atoms with Crippen LogP contribution < -0.4 is 10.2 Å². The lowest BCUT2D eigenvalue weighted by atomic mass is 10.1. The van der Waals surface area contributed by atoms with E-state index >= 15 is 0 Å². The summed E-state index contributed by atoms with van der Waals surface area (Å²) in [6.45, 7) is 4.07. The number of hydrogen-bond acceptors (Lipinski definition) is 3. The third-order valence-corrected chi connectivity index (χ3v) is 5.82. The second-order valence-corrected chi connectivity index (χ2v) is 7.90. The van der Waals surface area contributed by atoms with Gasteiger partial charge in [0.15, 0.2) is 14.9 Å². The molecule has 2 heterocycles. The minimum absolute atomic E-state index is 0.0705. The fourth-order valence-electron chi connectivity index (χ4n) is 2.96. The molecular weight excluding hydrogens is 280 g/mol. The van der Waals surface area contributed by atoms with Crippen LogP contribution in [0.5, 0.6) is 0 Å². The zero-order valence-electron chi connectivity index (χ0n) is 10.9. The molecule has 3 rings (SSSR count). The van der Waals surface area contributed by atoms with Crippen LogP contribution in [0.2, 0.25) is 0 Å². The molecular formula is C13H16N2O2S2. The molecule has 2 atom stereocenters. The maximum Gasteiger partial charge on any atom is 0.174 e. The monoisotopic (exact) mass is 296 g/mol. The van der Waals surface area contributed by atoms with Crippen molar-refractivity contribution in [3.05, 3.63) is 29.3 Å². The van der Waals surface area contributed by atoms with Gasteiger partial charge >= 0.3 is 0 Å². The Morgan fingerprint density at radius 2 is 2.05 bits per heavy atom. The van der Waals surface area contributed by atoms with Crippen molar-refractivity contribution in [1.82, 2.24) is 5.32 Å². The van der Waals surface area contributed by atoms with Gasteiger partial charge in [-0.25, -0.2) is 8.42 Å². The summed E-state index contributed by atoms with van der Waals surface area (Å²) in [5.74, 6) is 0.358. The van der Waals surface area contributed by atoms with Crippen molar-refractivity contribution in [2.45, 2.75) is 25.9 Å². The number of rotatable bonds is 1. The van der Waals surface area contributed by atoms with E-state index < -0.39 is 9.84 Å². The first-order valence-electron chi connectivity index (χ1n) is 6.25. The molecule has 102 valence electrons. The van der Waals surface area contributed by atoms with Crippen LogP contribution in [0.25, 0.3) is 0 Å². The molecule has 2 saturated heterocycles. The standard InChI is InChI=1S/C13H16N2O2S2/c1-8-3-4-11(9(2)5-8)15-12-7-19(16,17)6-10(12)14-13(15)18/h3-5,10,12H,6-7H2,1-2H3,(H,14,18)/t10-,12+/m1/s1. The van der Waals surface area contributed by atoms with E-state index in [0.717, 1.165) is 11.3 Å². The number of hydrogen-bond donors (Lipinski definition) is 1. The van der Waals surface area contributed by atoms with E-state index in [4.69, 9.17) is 12.2 Å². The van der Waals surface area contributed by atoms with Gasteiger partial charge in [0.25, 0.3) is 0 Å². The maximum absolute atomic E-state index is 11.8. The minimum Gasteiger partial charge on any atom is -0.356 e. The first-order valence-corrected chi connectivity index (χ1v) is 8.48. The third-order valence-electron chi connectivity index (χ3n) is 3.79. The molecule has 6 heteroatoms. The first-order chi connectivity index (χ1) is 8.87. The van der Waals surface area contributed by atoms with Gasteiger partial charge in [0.05, 0.1) is 23.6 Å². The summed E-state index contributed by atoms with van der Waals surface area (Å²) < 4.78 is 23.5. The van der Waals surface area contributed by atoms with Crippen LogP contribution in [-0.4, -0.2) is 37.1 Å². The van der Waals surface area contributed by atoms with Gasteiger partial charge in [-0.1, -0.05) is 17.7 Å². The third kappa shape index (κ3) is 2.12. The molecule has 0 saturated carbocycles. The van der Waals surface area contributed by atoms with E-state index in [1.54, 1.807) is 0 Å². The van der Waals surface area contributed by atoms with Crippen molar-refractivity contribution in [2.24, 2.45) is 0 Å². The number of fused-ring (bicyclic) bond motifs is 1. The molecule has 19 heavy (non-hydrogen) atoms. The van der Waals surface area contributed by atoms with Gasteiger partial charge in [0, 0.05) is 5.69 Å². The van der Waals surface area contributed by atoms with E-state index in [1.165, 1.54) is 5.56 Å². The quantitative estimate of drug-likeness (QED) is 0.788. The van der Waals surface area contributed by atoms with Crippen LogP contribution in [0.15, 0.2) is 18.2 Å².